The van der Waals surface area contributed by atoms with Gasteiger partial charge < -0.3 is 15.4 Å². The highest BCUT2D eigenvalue weighted by atomic mass is 16.5. The molecule has 0 saturated carbocycles. The number of rotatable bonds is 5. The van der Waals surface area contributed by atoms with E-state index in [2.05, 4.69) is 53.6 Å². The maximum absolute atomic E-state index is 12.0. The molecule has 1 aromatic carbocycles. The summed E-state index contributed by atoms with van der Waals surface area (Å²) < 4.78 is 5.78. The first kappa shape index (κ1) is 17.4. The Morgan fingerprint density at radius 3 is 2.50 bits per heavy atom. The molecule has 3 unspecified atom stereocenters. The number of hydrogen-bond donors (Lipinski definition) is 2. The molecule has 1 amide bonds. The van der Waals surface area contributed by atoms with Gasteiger partial charge in [0.25, 0.3) is 0 Å². The van der Waals surface area contributed by atoms with Crippen molar-refractivity contribution in [1.82, 2.24) is 15.5 Å². The maximum Gasteiger partial charge on any atom is 0.224 e. The van der Waals surface area contributed by atoms with E-state index in [9.17, 15) is 4.79 Å². The summed E-state index contributed by atoms with van der Waals surface area (Å²) in [5, 5.41) is 6.28. The van der Waals surface area contributed by atoms with Crippen LogP contribution < -0.4 is 10.6 Å². The largest absolute Gasteiger partial charge is 0.373 e. The number of ether oxygens (including phenoxy) is 1. The number of benzene rings is 1. The summed E-state index contributed by atoms with van der Waals surface area (Å²) in [6.45, 7) is 9.56. The molecular formula is C19H29N3O2. The summed E-state index contributed by atoms with van der Waals surface area (Å²) in [6.07, 6.45) is 1.54. The first-order valence-electron chi connectivity index (χ1n) is 9.04. The van der Waals surface area contributed by atoms with Gasteiger partial charge in [-0.2, -0.15) is 0 Å². The van der Waals surface area contributed by atoms with E-state index in [0.29, 0.717) is 18.8 Å². The lowest BCUT2D eigenvalue weighted by Gasteiger charge is -2.35. The molecule has 3 atom stereocenters. The number of morpholine rings is 1. The van der Waals surface area contributed by atoms with Crippen molar-refractivity contribution in [3.8, 4) is 0 Å². The Bertz CT molecular complexity index is 530. The fraction of sp³-hybridized carbons (Fsp3) is 0.632. The first-order valence-corrected chi connectivity index (χ1v) is 9.04. The SMILES string of the molecule is CC1CN(Cc2ccc(CNC(=O)C3CCNC3)cc2)CC(C)O1. The van der Waals surface area contributed by atoms with E-state index in [0.717, 1.165) is 44.7 Å². The van der Waals surface area contributed by atoms with Crippen molar-refractivity contribution in [2.45, 2.75) is 45.6 Å². The van der Waals surface area contributed by atoms with Crippen LogP contribution in [0.25, 0.3) is 0 Å². The van der Waals surface area contributed by atoms with Crippen LogP contribution in [0.15, 0.2) is 24.3 Å². The molecule has 0 bridgehead atoms. The molecule has 0 aliphatic carbocycles. The van der Waals surface area contributed by atoms with E-state index in [1.54, 1.807) is 0 Å². The Hall–Kier alpha value is -1.43. The van der Waals surface area contributed by atoms with Gasteiger partial charge in [0.2, 0.25) is 5.91 Å². The normalized spacial score (nSPS) is 28.0. The second kappa shape index (κ2) is 8.10. The molecule has 5 nitrogen and oxygen atoms in total. The Labute approximate surface area is 144 Å². The summed E-state index contributed by atoms with van der Waals surface area (Å²) in [5.41, 5.74) is 2.47. The molecule has 3 rings (SSSR count). The van der Waals surface area contributed by atoms with Gasteiger partial charge >= 0.3 is 0 Å². The molecule has 2 aliphatic heterocycles. The van der Waals surface area contributed by atoms with Gasteiger partial charge in [-0.3, -0.25) is 9.69 Å². The van der Waals surface area contributed by atoms with Gasteiger partial charge in [-0.15, -0.1) is 0 Å². The number of amides is 1. The van der Waals surface area contributed by atoms with E-state index in [4.69, 9.17) is 4.74 Å². The van der Waals surface area contributed by atoms with Gasteiger partial charge in [0.05, 0.1) is 18.1 Å². The van der Waals surface area contributed by atoms with Crippen molar-refractivity contribution >= 4 is 5.91 Å². The third-order valence-corrected chi connectivity index (χ3v) is 4.82. The van der Waals surface area contributed by atoms with Crippen molar-refractivity contribution in [3.63, 3.8) is 0 Å². The highest BCUT2D eigenvalue weighted by Crippen LogP contribution is 2.15. The monoisotopic (exact) mass is 331 g/mol. The van der Waals surface area contributed by atoms with Crippen molar-refractivity contribution < 1.29 is 9.53 Å². The Morgan fingerprint density at radius 1 is 1.21 bits per heavy atom. The molecule has 2 saturated heterocycles. The smallest absolute Gasteiger partial charge is 0.224 e. The standard InChI is InChI=1S/C19H29N3O2/c1-14-11-22(12-15(2)24-14)13-17-5-3-16(4-6-17)9-21-19(23)18-7-8-20-10-18/h3-6,14-15,18,20H,7-13H2,1-2H3,(H,21,23). The highest BCUT2D eigenvalue weighted by Gasteiger charge is 2.23. The number of nitrogens with one attached hydrogen (secondary N) is 2. The topological polar surface area (TPSA) is 53.6 Å². The van der Waals surface area contributed by atoms with E-state index >= 15 is 0 Å². The lowest BCUT2D eigenvalue weighted by atomic mass is 10.1. The van der Waals surface area contributed by atoms with Gasteiger partial charge in [-0.1, -0.05) is 24.3 Å². The fourth-order valence-electron chi connectivity index (χ4n) is 3.65. The van der Waals surface area contributed by atoms with Crippen molar-refractivity contribution in [2.24, 2.45) is 5.92 Å². The van der Waals surface area contributed by atoms with E-state index in [-0.39, 0.29) is 11.8 Å². The van der Waals surface area contributed by atoms with Gasteiger partial charge in [-0.05, 0) is 37.9 Å². The van der Waals surface area contributed by atoms with Crippen LogP contribution in [0, 0.1) is 5.92 Å². The molecule has 2 N–H and O–H groups in total. The predicted octanol–water partition coefficient (Wildman–Crippen LogP) is 1.52. The van der Waals surface area contributed by atoms with Crippen molar-refractivity contribution in [2.75, 3.05) is 26.2 Å². The van der Waals surface area contributed by atoms with Crippen molar-refractivity contribution in [1.29, 1.82) is 0 Å². The zero-order valence-electron chi connectivity index (χ0n) is 14.8. The Morgan fingerprint density at radius 2 is 1.88 bits per heavy atom. The molecule has 1 aromatic rings. The summed E-state index contributed by atoms with van der Waals surface area (Å²) in [5.74, 6) is 0.301. The zero-order chi connectivity index (χ0) is 16.9. The zero-order valence-corrected chi connectivity index (χ0v) is 14.8. The lowest BCUT2D eigenvalue weighted by molar-refractivity contribution is -0.124. The summed E-state index contributed by atoms with van der Waals surface area (Å²) >= 11 is 0. The molecule has 2 aliphatic rings. The minimum atomic E-state index is 0.134. The van der Waals surface area contributed by atoms with Crippen LogP contribution in [-0.2, 0) is 22.6 Å². The molecule has 0 radical (unpaired) electrons. The van der Waals surface area contributed by atoms with Gasteiger partial charge in [0.1, 0.15) is 0 Å². The highest BCUT2D eigenvalue weighted by molar-refractivity contribution is 5.79. The van der Waals surface area contributed by atoms with Gasteiger partial charge in [0, 0.05) is 32.7 Å². The minimum absolute atomic E-state index is 0.134. The molecule has 5 heteroatoms. The van der Waals surface area contributed by atoms with E-state index in [1.165, 1.54) is 5.56 Å². The molecule has 0 spiro atoms. The lowest BCUT2D eigenvalue weighted by Crippen LogP contribution is -2.44. The maximum atomic E-state index is 12.0. The average molecular weight is 331 g/mol. The third kappa shape index (κ3) is 4.79. The van der Waals surface area contributed by atoms with Crippen LogP contribution in [0.5, 0.6) is 0 Å². The van der Waals surface area contributed by atoms with Gasteiger partial charge in [-0.25, -0.2) is 0 Å². The number of carbonyl (C=O) groups is 1. The number of carbonyl (C=O) groups excluding carboxylic acids is 1. The molecular weight excluding hydrogens is 302 g/mol. The number of nitrogens with zero attached hydrogens (tertiary/aromatic N) is 1. The van der Waals surface area contributed by atoms with E-state index < -0.39 is 0 Å². The van der Waals surface area contributed by atoms with Crippen LogP contribution in [-0.4, -0.2) is 49.2 Å². The van der Waals surface area contributed by atoms with Crippen LogP contribution in [0.1, 0.15) is 31.4 Å². The van der Waals surface area contributed by atoms with Crippen LogP contribution in [0.4, 0.5) is 0 Å². The van der Waals surface area contributed by atoms with Crippen LogP contribution in [0.3, 0.4) is 0 Å². The number of hydrogen-bond acceptors (Lipinski definition) is 4. The van der Waals surface area contributed by atoms with E-state index in [1.807, 2.05) is 0 Å². The Balaban J connectivity index is 1.47. The van der Waals surface area contributed by atoms with Crippen LogP contribution in [0.2, 0.25) is 0 Å². The average Bonchev–Trinajstić information content (AvgIpc) is 3.07. The minimum Gasteiger partial charge on any atom is -0.373 e. The fourth-order valence-corrected chi connectivity index (χ4v) is 3.65. The summed E-state index contributed by atoms with van der Waals surface area (Å²) in [6, 6.07) is 8.58. The molecule has 2 heterocycles. The predicted molar refractivity (Wildman–Crippen MR) is 94.6 cm³/mol. The van der Waals surface area contributed by atoms with Crippen LogP contribution >= 0.6 is 0 Å². The summed E-state index contributed by atoms with van der Waals surface area (Å²) in [4.78, 5) is 14.5. The molecule has 132 valence electrons. The molecule has 2 fully saturated rings. The second-order valence-corrected chi connectivity index (χ2v) is 7.18. The quantitative estimate of drug-likeness (QED) is 0.859. The third-order valence-electron chi connectivity index (χ3n) is 4.82. The summed E-state index contributed by atoms with van der Waals surface area (Å²) in [7, 11) is 0. The van der Waals surface area contributed by atoms with Gasteiger partial charge in [0.15, 0.2) is 0 Å². The van der Waals surface area contributed by atoms with Crippen molar-refractivity contribution in [3.05, 3.63) is 35.4 Å². The molecule has 0 aromatic heterocycles. The molecule has 24 heavy (non-hydrogen) atoms. The Kier molecular flexibility index (Phi) is 5.87. The second-order valence-electron chi connectivity index (χ2n) is 7.18. The first-order chi connectivity index (χ1) is 11.6.